The van der Waals surface area contributed by atoms with E-state index in [9.17, 15) is 22.8 Å². The van der Waals surface area contributed by atoms with Gasteiger partial charge in [-0.3, -0.25) is 9.59 Å². The van der Waals surface area contributed by atoms with Crippen LogP contribution in [0.25, 0.3) is 0 Å². The molecule has 182 valence electrons. The Kier molecular flexibility index (Phi) is 8.50. The molecule has 32 heavy (non-hydrogen) atoms. The van der Waals surface area contributed by atoms with Gasteiger partial charge in [-0.1, -0.05) is 19.0 Å². The molecule has 0 saturated carbocycles. The van der Waals surface area contributed by atoms with Crippen molar-refractivity contribution in [1.29, 1.82) is 0 Å². The Morgan fingerprint density at radius 2 is 1.91 bits per heavy atom. The number of halogens is 3. The van der Waals surface area contributed by atoms with Crippen LogP contribution in [-0.4, -0.2) is 60.0 Å². The summed E-state index contributed by atoms with van der Waals surface area (Å²) in [7, 11) is 1.33. The predicted octanol–water partition coefficient (Wildman–Crippen LogP) is 4.19. The number of rotatable bonds is 10. The number of amides is 1. The lowest BCUT2D eigenvalue weighted by atomic mass is 9.89. The first-order chi connectivity index (χ1) is 14.7. The molecule has 0 spiro atoms. The number of carbonyl (C=O) groups excluding carboxylic acids is 2. The zero-order valence-electron chi connectivity index (χ0n) is 19.4. The Bertz CT molecular complexity index is 783. The van der Waals surface area contributed by atoms with Crippen molar-refractivity contribution in [3.63, 3.8) is 0 Å². The first-order valence-corrected chi connectivity index (χ1v) is 10.8. The summed E-state index contributed by atoms with van der Waals surface area (Å²) in [6.45, 7) is 7.93. The number of carbonyl (C=O) groups is 2. The molecule has 1 fully saturated rings. The van der Waals surface area contributed by atoms with Gasteiger partial charge in [-0.15, -0.1) is 0 Å². The Balaban J connectivity index is 1.95. The van der Waals surface area contributed by atoms with Crippen LogP contribution in [0.2, 0.25) is 0 Å². The number of aromatic nitrogens is 1. The molecule has 1 aliphatic rings. The predicted molar refractivity (Wildman–Crippen MR) is 110 cm³/mol. The maximum atomic E-state index is 12.8. The third kappa shape index (κ3) is 7.30. The van der Waals surface area contributed by atoms with E-state index in [-0.39, 0.29) is 18.5 Å². The summed E-state index contributed by atoms with van der Waals surface area (Å²) in [4.78, 5) is 26.0. The van der Waals surface area contributed by atoms with E-state index < -0.39 is 35.9 Å². The van der Waals surface area contributed by atoms with E-state index in [2.05, 4.69) is 5.16 Å². The van der Waals surface area contributed by atoms with Crippen molar-refractivity contribution in [2.75, 3.05) is 20.3 Å². The van der Waals surface area contributed by atoms with E-state index in [1.54, 1.807) is 6.07 Å². The molecule has 2 rings (SSSR count). The summed E-state index contributed by atoms with van der Waals surface area (Å²) in [5.74, 6) is -0.800. The number of ether oxygens (including phenoxy) is 2. The van der Waals surface area contributed by atoms with Gasteiger partial charge in [-0.05, 0) is 33.1 Å². The summed E-state index contributed by atoms with van der Waals surface area (Å²) in [5, 5.41) is 4.07. The molecule has 0 aliphatic carbocycles. The molecule has 0 bridgehead atoms. The van der Waals surface area contributed by atoms with Crippen LogP contribution < -0.4 is 0 Å². The highest BCUT2D eigenvalue weighted by molar-refractivity contribution is 5.93. The quantitative estimate of drug-likeness (QED) is 0.519. The first kappa shape index (κ1) is 26.3. The molecule has 2 heterocycles. The second kappa shape index (κ2) is 10.3. The van der Waals surface area contributed by atoms with E-state index in [4.69, 9.17) is 14.0 Å². The van der Waals surface area contributed by atoms with Gasteiger partial charge in [0.1, 0.15) is 5.76 Å². The zero-order chi connectivity index (χ0) is 24.2. The van der Waals surface area contributed by atoms with Crippen LogP contribution in [0.5, 0.6) is 0 Å². The Morgan fingerprint density at radius 3 is 2.50 bits per heavy atom. The van der Waals surface area contributed by atoms with Gasteiger partial charge in [0, 0.05) is 31.6 Å². The van der Waals surface area contributed by atoms with Crippen LogP contribution in [0, 0.1) is 0 Å². The third-order valence-electron chi connectivity index (χ3n) is 5.87. The average Bonchev–Trinajstić information content (AvgIpc) is 3.19. The molecular formula is C22H33F3N2O5. The second-order valence-electron chi connectivity index (χ2n) is 9.40. The molecule has 0 radical (unpaired) electrons. The third-order valence-corrected chi connectivity index (χ3v) is 5.87. The largest absolute Gasteiger partial charge is 0.389 e. The second-order valence-corrected chi connectivity index (χ2v) is 9.40. The average molecular weight is 463 g/mol. The first-order valence-electron chi connectivity index (χ1n) is 10.8. The van der Waals surface area contributed by atoms with E-state index in [0.29, 0.717) is 24.7 Å². The fourth-order valence-corrected chi connectivity index (χ4v) is 3.22. The fourth-order valence-electron chi connectivity index (χ4n) is 3.22. The molecule has 0 N–H and O–H groups in total. The van der Waals surface area contributed by atoms with Crippen LogP contribution >= 0.6 is 0 Å². The highest BCUT2D eigenvalue weighted by Crippen LogP contribution is 2.27. The van der Waals surface area contributed by atoms with Crippen molar-refractivity contribution in [2.45, 2.75) is 89.6 Å². The molecular weight excluding hydrogens is 429 g/mol. The summed E-state index contributed by atoms with van der Waals surface area (Å²) in [6.07, 6.45) is -3.80. The van der Waals surface area contributed by atoms with Crippen LogP contribution in [0.3, 0.4) is 0 Å². The molecule has 1 amide bonds. The van der Waals surface area contributed by atoms with E-state index >= 15 is 0 Å². The molecule has 7 nitrogen and oxygen atoms in total. The van der Waals surface area contributed by atoms with Gasteiger partial charge in [0.2, 0.25) is 5.91 Å². The molecule has 1 aromatic rings. The monoisotopic (exact) mass is 462 g/mol. The minimum Gasteiger partial charge on any atom is -0.361 e. The molecule has 1 aromatic heterocycles. The number of nitrogens with zero attached hydrogens (tertiary/aromatic N) is 2. The molecule has 1 saturated heterocycles. The van der Waals surface area contributed by atoms with Crippen molar-refractivity contribution in [3.8, 4) is 0 Å². The Hall–Kier alpha value is -1.94. The summed E-state index contributed by atoms with van der Waals surface area (Å²) in [5.41, 5.74) is -1.17. The van der Waals surface area contributed by atoms with E-state index in [1.807, 2.05) is 13.8 Å². The molecule has 10 heteroatoms. The lowest BCUT2D eigenvalue weighted by molar-refractivity contribution is -0.170. The van der Waals surface area contributed by atoms with Crippen molar-refractivity contribution in [2.24, 2.45) is 0 Å². The summed E-state index contributed by atoms with van der Waals surface area (Å²) in [6, 6.07) is 1.67. The van der Waals surface area contributed by atoms with Crippen LogP contribution in [0.15, 0.2) is 10.6 Å². The molecule has 1 aliphatic heterocycles. The van der Waals surface area contributed by atoms with Crippen molar-refractivity contribution in [3.05, 3.63) is 17.5 Å². The standard InChI is InChI=1S/C22H33F3N2O5/c1-20(2,14-31-19-8-6-7-11-30-19)16-12-15(32-26-16)13-17(28)21(3,4)27(5)18(29)9-10-22(23,24)25/h12,19H,6-11,13-14H2,1-5H3. The van der Waals surface area contributed by atoms with Gasteiger partial charge < -0.3 is 18.9 Å². The number of Topliss-reactive ketones (excluding diaryl/α,β-unsaturated/α-hetero) is 1. The number of ketones is 1. The topological polar surface area (TPSA) is 81.9 Å². The summed E-state index contributed by atoms with van der Waals surface area (Å²) < 4.78 is 54.0. The molecule has 0 aromatic carbocycles. The van der Waals surface area contributed by atoms with E-state index in [1.165, 1.54) is 20.9 Å². The normalized spacial score (nSPS) is 17.9. The summed E-state index contributed by atoms with van der Waals surface area (Å²) >= 11 is 0. The van der Waals surface area contributed by atoms with Gasteiger partial charge >= 0.3 is 6.18 Å². The lowest BCUT2D eigenvalue weighted by Crippen LogP contribution is -2.51. The van der Waals surface area contributed by atoms with Crippen molar-refractivity contribution < 1.29 is 36.8 Å². The van der Waals surface area contributed by atoms with Gasteiger partial charge in [-0.25, -0.2) is 0 Å². The number of hydrogen-bond donors (Lipinski definition) is 0. The van der Waals surface area contributed by atoms with Crippen molar-refractivity contribution in [1.82, 2.24) is 10.1 Å². The lowest BCUT2D eigenvalue weighted by Gasteiger charge is -2.34. The minimum atomic E-state index is -4.43. The van der Waals surface area contributed by atoms with E-state index in [0.717, 1.165) is 24.2 Å². The minimum absolute atomic E-state index is 0.139. The van der Waals surface area contributed by atoms with Gasteiger partial charge in [0.25, 0.3) is 0 Å². The highest BCUT2D eigenvalue weighted by atomic mass is 19.4. The number of hydrogen-bond acceptors (Lipinski definition) is 6. The maximum absolute atomic E-state index is 12.8. The Labute approximate surface area is 186 Å². The van der Waals surface area contributed by atoms with Crippen LogP contribution in [-0.2, 0) is 30.9 Å². The number of alkyl halides is 3. The van der Waals surface area contributed by atoms with Crippen LogP contribution in [0.4, 0.5) is 13.2 Å². The Morgan fingerprint density at radius 1 is 1.22 bits per heavy atom. The SMILES string of the molecule is CN(C(=O)CCC(F)(F)F)C(C)(C)C(=O)Cc1cc(C(C)(C)COC2CCCCO2)no1. The van der Waals surface area contributed by atoms with Crippen molar-refractivity contribution >= 4 is 11.7 Å². The maximum Gasteiger partial charge on any atom is 0.389 e. The van der Waals surface area contributed by atoms with Gasteiger partial charge in [0.15, 0.2) is 12.1 Å². The van der Waals surface area contributed by atoms with Gasteiger partial charge in [0.05, 0.1) is 30.7 Å². The molecule has 1 atom stereocenters. The smallest absolute Gasteiger partial charge is 0.361 e. The number of likely N-dealkylation sites (N-methyl/N-ethyl adjacent to an activating group) is 1. The molecule has 1 unspecified atom stereocenters. The highest BCUT2D eigenvalue weighted by Gasteiger charge is 2.37. The van der Waals surface area contributed by atoms with Gasteiger partial charge in [-0.2, -0.15) is 13.2 Å². The zero-order valence-corrected chi connectivity index (χ0v) is 19.4. The fraction of sp³-hybridized carbons (Fsp3) is 0.773. The van der Waals surface area contributed by atoms with Crippen LogP contribution in [0.1, 0.15) is 71.3 Å².